The molecule has 1 aliphatic rings. The summed E-state index contributed by atoms with van der Waals surface area (Å²) < 4.78 is 10.7. The van der Waals surface area contributed by atoms with Gasteiger partial charge in [0.2, 0.25) is 6.79 Å². The lowest BCUT2D eigenvalue weighted by atomic mass is 9.95. The normalized spacial score (nSPS) is 15.4. The lowest BCUT2D eigenvalue weighted by Gasteiger charge is -2.27. The minimum absolute atomic E-state index is 0.0671. The topological polar surface area (TPSA) is 30.5 Å². The van der Waals surface area contributed by atoms with Crippen molar-refractivity contribution in [1.29, 1.82) is 0 Å². The molecule has 0 saturated heterocycles. The molecule has 1 aromatic rings. The highest BCUT2D eigenvalue weighted by atomic mass is 16.7. The first-order chi connectivity index (χ1) is 10.0. The quantitative estimate of drug-likeness (QED) is 0.763. The predicted octanol–water partition coefficient (Wildman–Crippen LogP) is 4.20. The summed E-state index contributed by atoms with van der Waals surface area (Å²) in [6.07, 6.45) is 6.36. The van der Waals surface area contributed by atoms with E-state index in [0.717, 1.165) is 30.9 Å². The van der Waals surface area contributed by atoms with Gasteiger partial charge in [-0.2, -0.15) is 0 Å². The highest BCUT2D eigenvalue weighted by molar-refractivity contribution is 5.44. The standard InChI is InChI=1S/C18H25NO2/c1-5-18(4,10-6-7-14(2)3)19-12-15-8-9-16-17(11-15)21-13-20-16/h5,7-9,11,19H,1,6,10,12-13H2,2-4H3. The molecule has 3 nitrogen and oxygen atoms in total. The number of allylic oxidation sites excluding steroid dienone is 2. The van der Waals surface area contributed by atoms with Gasteiger partial charge in [0.05, 0.1) is 0 Å². The lowest BCUT2D eigenvalue weighted by Crippen LogP contribution is -2.39. The maximum atomic E-state index is 5.41. The number of benzene rings is 1. The first-order valence-electron chi connectivity index (χ1n) is 7.43. The van der Waals surface area contributed by atoms with Crippen molar-refractivity contribution in [3.63, 3.8) is 0 Å². The Morgan fingerprint density at radius 3 is 2.81 bits per heavy atom. The van der Waals surface area contributed by atoms with Gasteiger partial charge in [-0.1, -0.05) is 23.8 Å². The fraction of sp³-hybridized carbons (Fsp3) is 0.444. The fourth-order valence-corrected chi connectivity index (χ4v) is 2.28. The van der Waals surface area contributed by atoms with Crippen LogP contribution in [0.25, 0.3) is 0 Å². The van der Waals surface area contributed by atoms with Crippen molar-refractivity contribution in [3.8, 4) is 11.5 Å². The van der Waals surface area contributed by atoms with E-state index in [1.807, 2.05) is 18.2 Å². The Labute approximate surface area is 127 Å². The van der Waals surface area contributed by atoms with Crippen LogP contribution in [-0.4, -0.2) is 12.3 Å². The van der Waals surface area contributed by atoms with Crippen LogP contribution in [0.2, 0.25) is 0 Å². The van der Waals surface area contributed by atoms with E-state index < -0.39 is 0 Å². The maximum Gasteiger partial charge on any atom is 0.231 e. The third-order valence-corrected chi connectivity index (χ3v) is 3.80. The van der Waals surface area contributed by atoms with Crippen molar-refractivity contribution < 1.29 is 9.47 Å². The van der Waals surface area contributed by atoms with Gasteiger partial charge in [0.25, 0.3) is 0 Å². The van der Waals surface area contributed by atoms with Gasteiger partial charge in [-0.25, -0.2) is 0 Å². The van der Waals surface area contributed by atoms with Crippen LogP contribution in [-0.2, 0) is 6.54 Å². The largest absolute Gasteiger partial charge is 0.454 e. The lowest BCUT2D eigenvalue weighted by molar-refractivity contribution is 0.174. The van der Waals surface area contributed by atoms with Crippen molar-refractivity contribution in [2.24, 2.45) is 0 Å². The number of fused-ring (bicyclic) bond motifs is 1. The number of rotatable bonds is 7. The summed E-state index contributed by atoms with van der Waals surface area (Å²) in [5.74, 6) is 1.66. The number of hydrogen-bond acceptors (Lipinski definition) is 3. The Morgan fingerprint density at radius 1 is 1.33 bits per heavy atom. The second-order valence-electron chi connectivity index (χ2n) is 5.98. The van der Waals surface area contributed by atoms with Crippen molar-refractivity contribution in [1.82, 2.24) is 5.32 Å². The van der Waals surface area contributed by atoms with Crippen LogP contribution in [0, 0.1) is 0 Å². The zero-order valence-electron chi connectivity index (χ0n) is 13.2. The summed E-state index contributed by atoms with van der Waals surface area (Å²) in [6, 6.07) is 6.07. The van der Waals surface area contributed by atoms with Crippen molar-refractivity contribution in [3.05, 3.63) is 48.1 Å². The smallest absolute Gasteiger partial charge is 0.231 e. The molecule has 0 aromatic heterocycles. The maximum absolute atomic E-state index is 5.41. The summed E-state index contributed by atoms with van der Waals surface area (Å²) in [6.45, 7) is 11.5. The van der Waals surface area contributed by atoms with Crippen molar-refractivity contribution in [2.45, 2.75) is 45.7 Å². The average molecular weight is 287 g/mol. The molecule has 1 unspecified atom stereocenters. The van der Waals surface area contributed by atoms with Crippen LogP contribution in [0.1, 0.15) is 39.2 Å². The minimum Gasteiger partial charge on any atom is -0.454 e. The molecular formula is C18H25NO2. The van der Waals surface area contributed by atoms with Gasteiger partial charge in [-0.3, -0.25) is 0 Å². The second kappa shape index (κ2) is 6.81. The van der Waals surface area contributed by atoms with E-state index in [1.54, 1.807) is 0 Å². The molecule has 1 aromatic carbocycles. The van der Waals surface area contributed by atoms with Crippen molar-refractivity contribution >= 4 is 0 Å². The third kappa shape index (κ3) is 4.36. The summed E-state index contributed by atoms with van der Waals surface area (Å²) >= 11 is 0. The Kier molecular flexibility index (Phi) is 5.07. The summed E-state index contributed by atoms with van der Waals surface area (Å²) in [7, 11) is 0. The number of hydrogen-bond donors (Lipinski definition) is 1. The van der Waals surface area contributed by atoms with E-state index in [0.29, 0.717) is 6.79 Å². The highest BCUT2D eigenvalue weighted by Crippen LogP contribution is 2.32. The Hall–Kier alpha value is -1.74. The van der Waals surface area contributed by atoms with Gasteiger partial charge in [0.15, 0.2) is 11.5 Å². The number of nitrogens with one attached hydrogen (secondary N) is 1. The molecule has 114 valence electrons. The average Bonchev–Trinajstić information content (AvgIpc) is 2.92. The van der Waals surface area contributed by atoms with Crippen LogP contribution in [0.3, 0.4) is 0 Å². The summed E-state index contributed by atoms with van der Waals surface area (Å²) in [5, 5.41) is 3.58. The molecule has 1 heterocycles. The molecule has 1 atom stereocenters. The van der Waals surface area contributed by atoms with Gasteiger partial charge in [-0.15, -0.1) is 6.58 Å². The fourth-order valence-electron chi connectivity index (χ4n) is 2.28. The van der Waals surface area contributed by atoms with E-state index in [9.17, 15) is 0 Å². The van der Waals surface area contributed by atoms with Gasteiger partial charge >= 0.3 is 0 Å². The van der Waals surface area contributed by atoms with E-state index in [-0.39, 0.29) is 5.54 Å². The van der Waals surface area contributed by atoms with Crippen LogP contribution in [0.5, 0.6) is 11.5 Å². The van der Waals surface area contributed by atoms with Crippen LogP contribution in [0.15, 0.2) is 42.5 Å². The molecule has 21 heavy (non-hydrogen) atoms. The zero-order chi connectivity index (χ0) is 15.3. The molecule has 0 bridgehead atoms. The van der Waals surface area contributed by atoms with E-state index >= 15 is 0 Å². The van der Waals surface area contributed by atoms with Gasteiger partial charge in [-0.05, 0) is 51.3 Å². The first-order valence-corrected chi connectivity index (χ1v) is 7.43. The minimum atomic E-state index is -0.0671. The van der Waals surface area contributed by atoms with Crippen LogP contribution < -0.4 is 14.8 Å². The van der Waals surface area contributed by atoms with Crippen molar-refractivity contribution in [2.75, 3.05) is 6.79 Å². The molecule has 2 rings (SSSR count). The Balaban J connectivity index is 1.93. The molecule has 0 aliphatic carbocycles. The van der Waals surface area contributed by atoms with Gasteiger partial charge < -0.3 is 14.8 Å². The molecule has 0 spiro atoms. The summed E-state index contributed by atoms with van der Waals surface area (Å²) in [5.41, 5.74) is 2.48. The monoisotopic (exact) mass is 287 g/mol. The highest BCUT2D eigenvalue weighted by Gasteiger charge is 2.19. The SMILES string of the molecule is C=CC(C)(CCC=C(C)C)NCc1ccc2c(c1)OCO2. The Bertz CT molecular complexity index is 532. The Morgan fingerprint density at radius 2 is 2.10 bits per heavy atom. The molecular weight excluding hydrogens is 262 g/mol. The summed E-state index contributed by atoms with van der Waals surface area (Å²) in [4.78, 5) is 0. The third-order valence-electron chi connectivity index (χ3n) is 3.80. The van der Waals surface area contributed by atoms with Crippen LogP contribution >= 0.6 is 0 Å². The first kappa shape index (κ1) is 15.6. The molecule has 0 amide bonds. The molecule has 0 radical (unpaired) electrons. The molecule has 1 aliphatic heterocycles. The molecule has 1 N–H and O–H groups in total. The predicted molar refractivity (Wildman–Crippen MR) is 86.7 cm³/mol. The molecule has 0 fully saturated rings. The van der Waals surface area contributed by atoms with E-state index in [1.165, 1.54) is 11.1 Å². The van der Waals surface area contributed by atoms with E-state index in [2.05, 4.69) is 44.8 Å². The molecule has 3 heteroatoms. The van der Waals surface area contributed by atoms with Crippen LogP contribution in [0.4, 0.5) is 0 Å². The van der Waals surface area contributed by atoms with Gasteiger partial charge in [0.1, 0.15) is 0 Å². The zero-order valence-corrected chi connectivity index (χ0v) is 13.2. The van der Waals surface area contributed by atoms with E-state index in [4.69, 9.17) is 9.47 Å². The van der Waals surface area contributed by atoms with Gasteiger partial charge in [0, 0.05) is 12.1 Å². The second-order valence-corrected chi connectivity index (χ2v) is 5.98. The molecule has 0 saturated carbocycles. The number of ether oxygens (including phenoxy) is 2.